The molecule has 0 amide bonds. The van der Waals surface area contributed by atoms with Crippen LogP contribution in [0, 0.1) is 0 Å². The maximum absolute atomic E-state index is 15.4. The summed E-state index contributed by atoms with van der Waals surface area (Å²) >= 11 is 7.11. The van der Waals surface area contributed by atoms with E-state index >= 15 is 8.78 Å². The van der Waals surface area contributed by atoms with Crippen molar-refractivity contribution in [1.29, 1.82) is 0 Å². The Morgan fingerprint density at radius 1 is 1.11 bits per heavy atom. The second-order valence-electron chi connectivity index (χ2n) is 5.80. The first-order valence-electron chi connectivity index (χ1n) is 7.73. The van der Waals surface area contributed by atoms with Gasteiger partial charge in [0.15, 0.2) is 0 Å². The topological polar surface area (TPSA) is 46.6 Å². The zero-order valence-electron chi connectivity index (χ0n) is 13.8. The molecular weight excluding hydrogens is 416 g/mol. The number of sulfonamides is 1. The van der Waals surface area contributed by atoms with Crippen LogP contribution in [0.15, 0.2) is 59.5 Å². The molecule has 27 heavy (non-hydrogen) atoms. The van der Waals surface area contributed by atoms with E-state index in [1.54, 1.807) is 6.07 Å². The van der Waals surface area contributed by atoms with E-state index in [2.05, 4.69) is 0 Å². The average Bonchev–Trinajstić information content (AvgIpc) is 3.02. The molecular formula is C18H12ClF2NO3S2. The Morgan fingerprint density at radius 3 is 2.44 bits per heavy atom. The third-order valence-corrected chi connectivity index (χ3v) is 7.31. The number of hydrogen-bond acceptors (Lipinski definition) is 4. The molecule has 4 rings (SSSR count). The molecule has 0 saturated carbocycles. The maximum Gasteiger partial charge on any atom is 0.366 e. The Morgan fingerprint density at radius 2 is 1.78 bits per heavy atom. The van der Waals surface area contributed by atoms with E-state index in [0.29, 0.717) is 10.6 Å². The highest BCUT2D eigenvalue weighted by atomic mass is 35.5. The minimum atomic E-state index is -4.56. The zero-order valence-corrected chi connectivity index (χ0v) is 16.2. The van der Waals surface area contributed by atoms with Crippen LogP contribution in [0.3, 0.4) is 0 Å². The lowest BCUT2D eigenvalue weighted by atomic mass is 10.00. The summed E-state index contributed by atoms with van der Waals surface area (Å²) in [5.74, 6) is 0.420. The van der Waals surface area contributed by atoms with Crippen LogP contribution in [0.5, 0.6) is 5.75 Å². The van der Waals surface area contributed by atoms with Crippen molar-refractivity contribution in [3.8, 4) is 16.2 Å². The van der Waals surface area contributed by atoms with Crippen molar-refractivity contribution in [2.75, 3.05) is 11.4 Å². The Labute approximate surface area is 163 Å². The summed E-state index contributed by atoms with van der Waals surface area (Å²) in [6.45, 7) is 0. The van der Waals surface area contributed by atoms with Gasteiger partial charge in [0.05, 0.1) is 32.5 Å². The highest BCUT2D eigenvalue weighted by molar-refractivity contribution is 7.93. The standard InChI is InChI=1S/C18H12ClF2NO3S2/c1-25-11-6-8-12(9-7-11)27(23,24)22-15-10-16(19)26-17(15)13-4-2-3-5-14(13)18(22,20)21/h2-10H,1H3. The summed E-state index contributed by atoms with van der Waals surface area (Å²) in [4.78, 5) is 0.120. The van der Waals surface area contributed by atoms with Crippen LogP contribution in [0.4, 0.5) is 14.5 Å². The van der Waals surface area contributed by atoms with Crippen molar-refractivity contribution in [3.63, 3.8) is 0 Å². The lowest BCUT2D eigenvalue weighted by Crippen LogP contribution is -2.46. The summed E-state index contributed by atoms with van der Waals surface area (Å²) in [7, 11) is -3.13. The molecule has 1 aliphatic heterocycles. The van der Waals surface area contributed by atoms with Gasteiger partial charge in [-0.15, -0.1) is 11.3 Å². The van der Waals surface area contributed by atoms with Gasteiger partial charge in [0.25, 0.3) is 10.0 Å². The van der Waals surface area contributed by atoms with E-state index in [4.69, 9.17) is 16.3 Å². The van der Waals surface area contributed by atoms with Crippen molar-refractivity contribution in [3.05, 3.63) is 64.5 Å². The van der Waals surface area contributed by atoms with Gasteiger partial charge in [-0.3, -0.25) is 0 Å². The summed E-state index contributed by atoms with van der Waals surface area (Å²) < 4.78 is 62.4. The van der Waals surface area contributed by atoms with E-state index in [9.17, 15) is 8.42 Å². The summed E-state index contributed by atoms with van der Waals surface area (Å²) in [5, 5.41) is 0. The van der Waals surface area contributed by atoms with Crippen LogP contribution in [0.2, 0.25) is 4.34 Å². The van der Waals surface area contributed by atoms with Crippen LogP contribution in [-0.4, -0.2) is 15.5 Å². The second-order valence-corrected chi connectivity index (χ2v) is 9.27. The fraction of sp³-hybridized carbons (Fsp3) is 0.111. The number of halogens is 3. The third-order valence-electron chi connectivity index (χ3n) is 4.25. The Balaban J connectivity index is 1.96. The zero-order chi connectivity index (χ0) is 19.4. The molecule has 3 aromatic rings. The molecule has 0 spiro atoms. The molecule has 1 aromatic heterocycles. The molecule has 0 atom stereocenters. The quantitative estimate of drug-likeness (QED) is 0.530. The summed E-state index contributed by atoms with van der Waals surface area (Å²) in [6, 6.07) is 8.60. The molecule has 0 N–H and O–H groups in total. The number of alkyl halides is 2. The van der Waals surface area contributed by atoms with Crippen molar-refractivity contribution >= 4 is 38.6 Å². The number of methoxy groups -OCH3 is 1. The van der Waals surface area contributed by atoms with Crippen LogP contribution in [-0.2, 0) is 16.1 Å². The third kappa shape index (κ3) is 2.70. The Hall–Kier alpha value is -2.16. The van der Waals surface area contributed by atoms with Crippen molar-refractivity contribution in [1.82, 2.24) is 0 Å². The SMILES string of the molecule is COc1ccc(S(=O)(=O)N2c3cc(Cl)sc3-c3ccccc3C2(F)F)cc1. The molecule has 140 valence electrons. The van der Waals surface area contributed by atoms with E-state index in [0.717, 1.165) is 11.3 Å². The van der Waals surface area contributed by atoms with Crippen LogP contribution in [0.25, 0.3) is 10.4 Å². The second kappa shape index (κ2) is 6.19. The van der Waals surface area contributed by atoms with E-state index in [1.165, 1.54) is 55.6 Å². The highest BCUT2D eigenvalue weighted by Crippen LogP contribution is 2.55. The molecule has 0 aliphatic carbocycles. The Bertz CT molecular complexity index is 1130. The molecule has 9 heteroatoms. The van der Waals surface area contributed by atoms with Gasteiger partial charge < -0.3 is 4.74 Å². The van der Waals surface area contributed by atoms with Gasteiger partial charge >= 0.3 is 6.05 Å². The van der Waals surface area contributed by atoms with Crippen molar-refractivity contribution in [2.24, 2.45) is 0 Å². The molecule has 0 radical (unpaired) electrons. The molecule has 0 unspecified atom stereocenters. The van der Waals surface area contributed by atoms with Crippen LogP contribution in [0.1, 0.15) is 5.56 Å². The number of hydrogen-bond donors (Lipinski definition) is 0. The van der Waals surface area contributed by atoms with Gasteiger partial charge in [0.1, 0.15) is 5.75 Å². The molecule has 2 heterocycles. The maximum atomic E-state index is 15.4. The predicted octanol–water partition coefficient (Wildman–Crippen LogP) is 5.34. The van der Waals surface area contributed by atoms with Gasteiger partial charge in [-0.2, -0.15) is 13.1 Å². The molecule has 2 aromatic carbocycles. The first-order chi connectivity index (χ1) is 12.8. The van der Waals surface area contributed by atoms with Gasteiger partial charge in [0, 0.05) is 5.56 Å². The number of benzene rings is 2. The average molecular weight is 428 g/mol. The number of fused-ring (bicyclic) bond motifs is 3. The number of thiophene rings is 1. The van der Waals surface area contributed by atoms with Crippen LogP contribution >= 0.6 is 22.9 Å². The lowest BCUT2D eigenvalue weighted by Gasteiger charge is -2.36. The largest absolute Gasteiger partial charge is 0.497 e. The van der Waals surface area contributed by atoms with E-state index in [-0.39, 0.29) is 30.4 Å². The van der Waals surface area contributed by atoms with E-state index < -0.39 is 16.1 Å². The van der Waals surface area contributed by atoms with Crippen LogP contribution < -0.4 is 9.04 Å². The minimum Gasteiger partial charge on any atom is -0.497 e. The first kappa shape index (κ1) is 18.2. The molecule has 4 nitrogen and oxygen atoms in total. The monoisotopic (exact) mass is 427 g/mol. The van der Waals surface area contributed by atoms with Gasteiger partial charge in [-0.25, -0.2) is 8.42 Å². The smallest absolute Gasteiger partial charge is 0.366 e. The number of rotatable bonds is 3. The fourth-order valence-electron chi connectivity index (χ4n) is 3.03. The minimum absolute atomic E-state index is 0.135. The van der Waals surface area contributed by atoms with Gasteiger partial charge in [-0.1, -0.05) is 35.9 Å². The molecule has 0 bridgehead atoms. The number of ether oxygens (including phenoxy) is 1. The number of anilines is 1. The predicted molar refractivity (Wildman–Crippen MR) is 101 cm³/mol. The van der Waals surface area contributed by atoms with Crippen molar-refractivity contribution < 1.29 is 21.9 Å². The van der Waals surface area contributed by atoms with Gasteiger partial charge in [-0.05, 0) is 30.3 Å². The van der Waals surface area contributed by atoms with Crippen molar-refractivity contribution in [2.45, 2.75) is 10.9 Å². The highest BCUT2D eigenvalue weighted by Gasteiger charge is 2.52. The first-order valence-corrected chi connectivity index (χ1v) is 10.4. The number of nitrogens with zero attached hydrogens (tertiary/aromatic N) is 1. The van der Waals surface area contributed by atoms with Gasteiger partial charge in [0.2, 0.25) is 0 Å². The lowest BCUT2D eigenvalue weighted by molar-refractivity contribution is 0.00907. The summed E-state index contributed by atoms with van der Waals surface area (Å²) in [5.41, 5.74) is -0.242. The normalized spacial score (nSPS) is 15.2. The summed E-state index contributed by atoms with van der Waals surface area (Å²) in [6.07, 6.45) is 0. The molecule has 0 saturated heterocycles. The molecule has 0 fully saturated rings. The molecule has 1 aliphatic rings. The fourth-order valence-corrected chi connectivity index (χ4v) is 5.83. The Kier molecular flexibility index (Phi) is 4.17. The van der Waals surface area contributed by atoms with E-state index in [1.807, 2.05) is 0 Å².